The van der Waals surface area contributed by atoms with Crippen LogP contribution in [0.4, 0.5) is 0 Å². The van der Waals surface area contributed by atoms with Crippen molar-refractivity contribution in [1.82, 2.24) is 9.55 Å². The first kappa shape index (κ1) is 10.3. The molecular formula is C10H16N2S2. The topological polar surface area (TPSA) is 20.7 Å². The quantitative estimate of drug-likeness (QED) is 0.803. The predicted octanol–water partition coefficient (Wildman–Crippen LogP) is 3.00. The molecule has 0 spiro atoms. The van der Waals surface area contributed by atoms with Crippen LogP contribution in [0.2, 0.25) is 0 Å². The lowest BCUT2D eigenvalue weighted by Crippen LogP contribution is -2.12. The molecule has 14 heavy (non-hydrogen) atoms. The van der Waals surface area contributed by atoms with Gasteiger partial charge in [0, 0.05) is 23.7 Å². The molecule has 0 radical (unpaired) electrons. The van der Waals surface area contributed by atoms with Crippen molar-refractivity contribution in [2.45, 2.75) is 38.0 Å². The average molecular weight is 228 g/mol. The van der Waals surface area contributed by atoms with Crippen LogP contribution in [0.25, 0.3) is 0 Å². The molecule has 78 valence electrons. The number of imidazole rings is 1. The van der Waals surface area contributed by atoms with Crippen LogP contribution < -0.4 is 0 Å². The van der Waals surface area contributed by atoms with Crippen LogP contribution >= 0.6 is 24.0 Å². The zero-order valence-electron chi connectivity index (χ0n) is 8.45. The Kier molecular flexibility index (Phi) is 3.34. The molecule has 1 atom stereocenters. The Morgan fingerprint density at radius 1 is 1.71 bits per heavy atom. The van der Waals surface area contributed by atoms with Crippen LogP contribution in [0.15, 0.2) is 6.20 Å². The maximum Gasteiger partial charge on any atom is 0.177 e. The van der Waals surface area contributed by atoms with Gasteiger partial charge in [0.1, 0.15) is 0 Å². The molecule has 1 N–H and O–H groups in total. The molecule has 2 nitrogen and oxygen atoms in total. The second-order valence-electron chi connectivity index (χ2n) is 3.68. The lowest BCUT2D eigenvalue weighted by atomic mass is 10.2. The molecule has 1 aromatic rings. The van der Waals surface area contributed by atoms with Crippen molar-refractivity contribution >= 4 is 24.0 Å². The number of aromatic nitrogens is 2. The van der Waals surface area contributed by atoms with E-state index in [2.05, 4.69) is 28.2 Å². The summed E-state index contributed by atoms with van der Waals surface area (Å²) >= 11 is 7.36. The van der Waals surface area contributed by atoms with Gasteiger partial charge in [-0.05, 0) is 37.2 Å². The second kappa shape index (κ2) is 4.53. The summed E-state index contributed by atoms with van der Waals surface area (Å²) < 4.78 is 3.15. The van der Waals surface area contributed by atoms with Crippen LogP contribution in [0.3, 0.4) is 0 Å². The first-order chi connectivity index (χ1) is 6.81. The molecule has 2 heterocycles. The standard InChI is InChI=1S/C10H16N2S2/c1-2-8-6-11-10(13)12(8)7-9-4-3-5-14-9/h6,9H,2-5,7H2,1H3,(H,11,13). The smallest absolute Gasteiger partial charge is 0.177 e. The highest BCUT2D eigenvalue weighted by molar-refractivity contribution is 8.00. The summed E-state index contributed by atoms with van der Waals surface area (Å²) in [4.78, 5) is 3.13. The van der Waals surface area contributed by atoms with E-state index in [-0.39, 0.29) is 0 Å². The third-order valence-corrected chi connectivity index (χ3v) is 4.45. The number of H-pyrrole nitrogens is 1. The zero-order valence-corrected chi connectivity index (χ0v) is 10.1. The van der Waals surface area contributed by atoms with Gasteiger partial charge in [-0.3, -0.25) is 0 Å². The molecule has 0 aromatic carbocycles. The molecule has 4 heteroatoms. The van der Waals surface area contributed by atoms with E-state index >= 15 is 0 Å². The van der Waals surface area contributed by atoms with E-state index in [1.807, 2.05) is 6.20 Å². The minimum absolute atomic E-state index is 0.780. The third-order valence-electron chi connectivity index (χ3n) is 2.73. The lowest BCUT2D eigenvalue weighted by Gasteiger charge is -2.11. The highest BCUT2D eigenvalue weighted by atomic mass is 32.2. The first-order valence-corrected chi connectivity index (χ1v) is 6.65. The van der Waals surface area contributed by atoms with Gasteiger partial charge >= 0.3 is 0 Å². The largest absolute Gasteiger partial charge is 0.337 e. The number of aryl methyl sites for hydroxylation is 1. The Morgan fingerprint density at radius 2 is 2.57 bits per heavy atom. The fraction of sp³-hybridized carbons (Fsp3) is 0.700. The molecular weight excluding hydrogens is 212 g/mol. The molecule has 1 fully saturated rings. The predicted molar refractivity (Wildman–Crippen MR) is 64.5 cm³/mol. The van der Waals surface area contributed by atoms with Crippen LogP contribution in [-0.4, -0.2) is 20.6 Å². The minimum atomic E-state index is 0.780. The van der Waals surface area contributed by atoms with Crippen LogP contribution in [0, 0.1) is 4.77 Å². The summed E-state index contributed by atoms with van der Waals surface area (Å²) in [7, 11) is 0. The Morgan fingerprint density at radius 3 is 3.21 bits per heavy atom. The van der Waals surface area contributed by atoms with Crippen LogP contribution in [-0.2, 0) is 13.0 Å². The number of nitrogens with one attached hydrogen (secondary N) is 1. The summed E-state index contributed by atoms with van der Waals surface area (Å²) in [5.74, 6) is 1.32. The molecule has 0 bridgehead atoms. The van der Waals surface area contributed by atoms with Gasteiger partial charge in [0.15, 0.2) is 4.77 Å². The summed E-state index contributed by atoms with van der Waals surface area (Å²) in [5, 5.41) is 0.780. The average Bonchev–Trinajstić information content (AvgIpc) is 2.79. The van der Waals surface area contributed by atoms with E-state index < -0.39 is 0 Å². The molecule has 1 saturated heterocycles. The van der Waals surface area contributed by atoms with E-state index in [9.17, 15) is 0 Å². The zero-order chi connectivity index (χ0) is 9.97. The van der Waals surface area contributed by atoms with Crippen molar-refractivity contribution in [3.63, 3.8) is 0 Å². The highest BCUT2D eigenvalue weighted by Gasteiger charge is 2.17. The molecule has 1 aliphatic heterocycles. The van der Waals surface area contributed by atoms with Gasteiger partial charge in [-0.2, -0.15) is 11.8 Å². The van der Waals surface area contributed by atoms with Crippen molar-refractivity contribution in [3.05, 3.63) is 16.7 Å². The van der Waals surface area contributed by atoms with E-state index in [0.29, 0.717) is 0 Å². The van der Waals surface area contributed by atoms with E-state index in [4.69, 9.17) is 12.2 Å². The van der Waals surface area contributed by atoms with Crippen molar-refractivity contribution in [3.8, 4) is 0 Å². The highest BCUT2D eigenvalue weighted by Crippen LogP contribution is 2.27. The maximum atomic E-state index is 5.27. The monoisotopic (exact) mass is 228 g/mol. The van der Waals surface area contributed by atoms with Gasteiger partial charge in [-0.25, -0.2) is 0 Å². The number of hydrogen-bond donors (Lipinski definition) is 1. The molecule has 1 aliphatic rings. The Hall–Kier alpha value is -0.220. The van der Waals surface area contributed by atoms with Gasteiger partial charge in [0.25, 0.3) is 0 Å². The third kappa shape index (κ3) is 2.06. The number of thioether (sulfide) groups is 1. The Labute approximate surface area is 94.1 Å². The normalized spacial score (nSPS) is 21.6. The van der Waals surface area contributed by atoms with E-state index in [1.54, 1.807) is 0 Å². The maximum absolute atomic E-state index is 5.27. The summed E-state index contributed by atoms with van der Waals surface area (Å²) in [5.41, 5.74) is 1.34. The van der Waals surface area contributed by atoms with Gasteiger partial charge in [0.2, 0.25) is 0 Å². The molecule has 2 rings (SSSR count). The minimum Gasteiger partial charge on any atom is -0.337 e. The molecule has 0 saturated carbocycles. The number of aromatic amines is 1. The fourth-order valence-corrected chi connectivity index (χ4v) is 3.42. The van der Waals surface area contributed by atoms with Crippen molar-refractivity contribution in [1.29, 1.82) is 0 Å². The number of rotatable bonds is 3. The second-order valence-corrected chi connectivity index (χ2v) is 5.48. The Bertz CT molecular complexity index is 347. The first-order valence-electron chi connectivity index (χ1n) is 5.20. The van der Waals surface area contributed by atoms with Crippen molar-refractivity contribution in [2.24, 2.45) is 0 Å². The van der Waals surface area contributed by atoms with Crippen LogP contribution in [0.5, 0.6) is 0 Å². The summed E-state index contributed by atoms with van der Waals surface area (Å²) in [6, 6.07) is 0. The van der Waals surface area contributed by atoms with Crippen molar-refractivity contribution < 1.29 is 0 Å². The van der Waals surface area contributed by atoms with E-state index in [1.165, 1.54) is 24.3 Å². The fourth-order valence-electron chi connectivity index (χ4n) is 1.92. The number of nitrogens with zero attached hydrogens (tertiary/aromatic N) is 1. The van der Waals surface area contributed by atoms with Gasteiger partial charge < -0.3 is 9.55 Å². The van der Waals surface area contributed by atoms with Gasteiger partial charge in [-0.1, -0.05) is 6.92 Å². The molecule has 0 aliphatic carbocycles. The van der Waals surface area contributed by atoms with E-state index in [0.717, 1.165) is 23.0 Å². The van der Waals surface area contributed by atoms with Crippen molar-refractivity contribution in [2.75, 3.05) is 5.75 Å². The van der Waals surface area contributed by atoms with Gasteiger partial charge in [-0.15, -0.1) is 0 Å². The molecule has 1 unspecified atom stereocenters. The van der Waals surface area contributed by atoms with Gasteiger partial charge in [0.05, 0.1) is 0 Å². The SMILES string of the molecule is CCc1c[nH]c(=S)n1CC1CCCS1. The molecule has 0 amide bonds. The van der Waals surface area contributed by atoms with Crippen LogP contribution in [0.1, 0.15) is 25.5 Å². The molecule has 1 aromatic heterocycles. The Balaban J connectivity index is 2.13. The summed E-state index contributed by atoms with van der Waals surface area (Å²) in [6.45, 7) is 3.27. The summed E-state index contributed by atoms with van der Waals surface area (Å²) in [6.07, 6.45) is 5.82. The number of hydrogen-bond acceptors (Lipinski definition) is 2. The lowest BCUT2D eigenvalue weighted by molar-refractivity contribution is 0.612.